The summed E-state index contributed by atoms with van der Waals surface area (Å²) in [6.45, 7) is 1.44. The highest BCUT2D eigenvalue weighted by Crippen LogP contribution is 2.31. The van der Waals surface area contributed by atoms with Crippen molar-refractivity contribution in [1.82, 2.24) is 14.9 Å². The van der Waals surface area contributed by atoms with Crippen LogP contribution in [-0.4, -0.2) is 45.4 Å². The molecule has 0 aliphatic rings. The minimum absolute atomic E-state index is 0.312. The molecule has 0 fully saturated rings. The number of aromatic nitrogens is 3. The number of carbonyl (C=O) groups is 1. The lowest BCUT2D eigenvalue weighted by atomic mass is 10.2. The SMILES string of the molecule is COc1cccc(/C=N\n2cnnc2)c1O[C@H](C)C(=O)O. The van der Waals surface area contributed by atoms with E-state index < -0.39 is 12.1 Å². The number of rotatable bonds is 6. The van der Waals surface area contributed by atoms with Gasteiger partial charge >= 0.3 is 5.97 Å². The highest BCUT2D eigenvalue weighted by atomic mass is 16.5. The van der Waals surface area contributed by atoms with E-state index in [1.54, 1.807) is 18.2 Å². The molecule has 0 saturated heterocycles. The normalized spacial score (nSPS) is 12.3. The monoisotopic (exact) mass is 290 g/mol. The van der Waals surface area contributed by atoms with E-state index >= 15 is 0 Å². The number of aliphatic carboxylic acids is 1. The molecule has 8 nitrogen and oxygen atoms in total. The third-order valence-electron chi connectivity index (χ3n) is 2.61. The zero-order valence-corrected chi connectivity index (χ0v) is 11.5. The number of methoxy groups -OCH3 is 1. The summed E-state index contributed by atoms with van der Waals surface area (Å²) in [5.41, 5.74) is 0.580. The van der Waals surface area contributed by atoms with Gasteiger partial charge in [-0.05, 0) is 19.1 Å². The molecule has 2 rings (SSSR count). The van der Waals surface area contributed by atoms with Crippen LogP contribution in [0.25, 0.3) is 0 Å². The lowest BCUT2D eigenvalue weighted by Gasteiger charge is -2.15. The van der Waals surface area contributed by atoms with Crippen LogP contribution in [0, 0.1) is 0 Å². The Morgan fingerprint density at radius 3 is 2.76 bits per heavy atom. The summed E-state index contributed by atoms with van der Waals surface area (Å²) in [6, 6.07) is 5.17. The van der Waals surface area contributed by atoms with E-state index in [0.29, 0.717) is 17.1 Å². The molecular formula is C13H14N4O4. The van der Waals surface area contributed by atoms with E-state index in [-0.39, 0.29) is 0 Å². The Morgan fingerprint density at radius 1 is 1.43 bits per heavy atom. The molecule has 1 N–H and O–H groups in total. The van der Waals surface area contributed by atoms with Gasteiger partial charge in [-0.2, -0.15) is 5.10 Å². The maximum Gasteiger partial charge on any atom is 0.344 e. The number of carboxylic acids is 1. The van der Waals surface area contributed by atoms with E-state index in [1.165, 1.54) is 37.6 Å². The van der Waals surface area contributed by atoms with Crippen molar-refractivity contribution < 1.29 is 19.4 Å². The fraction of sp³-hybridized carbons (Fsp3) is 0.231. The third kappa shape index (κ3) is 3.56. The zero-order valence-electron chi connectivity index (χ0n) is 11.5. The second-order valence-corrected chi connectivity index (χ2v) is 4.06. The van der Waals surface area contributed by atoms with Gasteiger partial charge in [-0.1, -0.05) is 6.07 Å². The van der Waals surface area contributed by atoms with E-state index in [1.807, 2.05) is 0 Å². The van der Waals surface area contributed by atoms with Crippen molar-refractivity contribution in [2.45, 2.75) is 13.0 Å². The summed E-state index contributed by atoms with van der Waals surface area (Å²) >= 11 is 0. The highest BCUT2D eigenvalue weighted by Gasteiger charge is 2.17. The number of hydrogen-bond acceptors (Lipinski definition) is 6. The first-order valence-electron chi connectivity index (χ1n) is 6.07. The van der Waals surface area contributed by atoms with E-state index in [0.717, 1.165) is 0 Å². The maximum atomic E-state index is 10.9. The second kappa shape index (κ2) is 6.51. The lowest BCUT2D eigenvalue weighted by molar-refractivity contribution is -0.144. The van der Waals surface area contributed by atoms with Crippen LogP contribution in [-0.2, 0) is 4.79 Å². The third-order valence-corrected chi connectivity index (χ3v) is 2.61. The smallest absolute Gasteiger partial charge is 0.344 e. The minimum Gasteiger partial charge on any atom is -0.493 e. The molecule has 0 amide bonds. The molecule has 0 radical (unpaired) electrons. The Hall–Kier alpha value is -2.90. The predicted molar refractivity (Wildman–Crippen MR) is 73.7 cm³/mol. The standard InChI is InChI=1S/C13H14N4O4/c1-9(13(18)19)21-12-10(4-3-5-11(12)20-2)6-16-17-7-14-15-8-17/h3-9H,1-2H3,(H,18,19)/b16-6-/t9-/m1/s1. The summed E-state index contributed by atoms with van der Waals surface area (Å²) in [5.74, 6) is -0.329. The van der Waals surface area contributed by atoms with Crippen molar-refractivity contribution in [2.75, 3.05) is 7.11 Å². The quantitative estimate of drug-likeness (QED) is 0.797. The number of ether oxygens (including phenoxy) is 2. The molecule has 0 saturated carbocycles. The van der Waals surface area contributed by atoms with Crippen LogP contribution in [0.2, 0.25) is 0 Å². The van der Waals surface area contributed by atoms with Crippen molar-refractivity contribution in [3.05, 3.63) is 36.4 Å². The number of para-hydroxylation sites is 1. The van der Waals surface area contributed by atoms with Gasteiger partial charge in [-0.25, -0.2) is 9.47 Å². The summed E-state index contributed by atoms with van der Waals surface area (Å²) in [5, 5.41) is 20.3. The van der Waals surface area contributed by atoms with Gasteiger partial charge in [0.15, 0.2) is 17.6 Å². The highest BCUT2D eigenvalue weighted by molar-refractivity contribution is 5.85. The van der Waals surface area contributed by atoms with Gasteiger partial charge in [0.2, 0.25) is 0 Å². The number of hydrogen-bond donors (Lipinski definition) is 1. The molecule has 0 bridgehead atoms. The molecule has 1 aromatic heterocycles. The topological polar surface area (TPSA) is 98.8 Å². The van der Waals surface area contributed by atoms with E-state index in [4.69, 9.17) is 14.6 Å². The molecule has 8 heteroatoms. The molecule has 1 heterocycles. The Morgan fingerprint density at radius 2 is 2.14 bits per heavy atom. The van der Waals surface area contributed by atoms with Crippen molar-refractivity contribution in [2.24, 2.45) is 5.10 Å². The van der Waals surface area contributed by atoms with Crippen molar-refractivity contribution in [1.29, 1.82) is 0 Å². The molecule has 1 aromatic carbocycles. The van der Waals surface area contributed by atoms with Crippen molar-refractivity contribution in [3.8, 4) is 11.5 Å². The fourth-order valence-electron chi connectivity index (χ4n) is 1.53. The number of benzene rings is 1. The van der Waals surface area contributed by atoms with Gasteiger partial charge < -0.3 is 14.6 Å². The Balaban J connectivity index is 2.33. The second-order valence-electron chi connectivity index (χ2n) is 4.06. The first kappa shape index (κ1) is 14.5. The molecule has 110 valence electrons. The van der Waals surface area contributed by atoms with Crippen LogP contribution >= 0.6 is 0 Å². The zero-order chi connectivity index (χ0) is 15.2. The summed E-state index contributed by atoms with van der Waals surface area (Å²) in [4.78, 5) is 10.9. The Labute approximate surface area is 120 Å². The first-order chi connectivity index (χ1) is 10.1. The summed E-state index contributed by atoms with van der Waals surface area (Å²) in [7, 11) is 1.48. The molecule has 0 aliphatic heterocycles. The molecule has 21 heavy (non-hydrogen) atoms. The Kier molecular flexibility index (Phi) is 4.50. The van der Waals surface area contributed by atoms with E-state index in [2.05, 4.69) is 15.3 Å². The molecule has 2 aromatic rings. The summed E-state index contributed by atoms with van der Waals surface area (Å²) in [6.07, 6.45) is 3.35. The first-order valence-corrected chi connectivity index (χ1v) is 6.07. The molecule has 1 atom stereocenters. The number of carboxylic acid groups (broad SMARTS) is 1. The molecule has 0 aliphatic carbocycles. The molecule has 0 unspecified atom stereocenters. The lowest BCUT2D eigenvalue weighted by Crippen LogP contribution is -2.23. The number of nitrogens with zero attached hydrogens (tertiary/aromatic N) is 4. The van der Waals surface area contributed by atoms with Crippen molar-refractivity contribution >= 4 is 12.2 Å². The Bertz CT molecular complexity index is 640. The van der Waals surface area contributed by atoms with Crippen LogP contribution in [0.15, 0.2) is 36.0 Å². The van der Waals surface area contributed by atoms with Gasteiger partial charge in [-0.15, -0.1) is 10.2 Å². The van der Waals surface area contributed by atoms with Gasteiger partial charge in [-0.3, -0.25) is 0 Å². The van der Waals surface area contributed by atoms with Crippen LogP contribution < -0.4 is 9.47 Å². The van der Waals surface area contributed by atoms with Crippen LogP contribution in [0.3, 0.4) is 0 Å². The van der Waals surface area contributed by atoms with Crippen LogP contribution in [0.5, 0.6) is 11.5 Å². The molecular weight excluding hydrogens is 276 g/mol. The molecule has 0 spiro atoms. The van der Waals surface area contributed by atoms with Gasteiger partial charge in [0.05, 0.1) is 13.3 Å². The minimum atomic E-state index is -1.07. The fourth-order valence-corrected chi connectivity index (χ4v) is 1.53. The van der Waals surface area contributed by atoms with E-state index in [9.17, 15) is 4.79 Å². The largest absolute Gasteiger partial charge is 0.493 e. The van der Waals surface area contributed by atoms with Crippen LogP contribution in [0.1, 0.15) is 12.5 Å². The van der Waals surface area contributed by atoms with Gasteiger partial charge in [0.25, 0.3) is 0 Å². The average molecular weight is 290 g/mol. The maximum absolute atomic E-state index is 10.9. The van der Waals surface area contributed by atoms with Gasteiger partial charge in [0, 0.05) is 5.56 Å². The predicted octanol–water partition coefficient (Wildman–Crippen LogP) is 1.02. The average Bonchev–Trinajstić information content (AvgIpc) is 2.99. The van der Waals surface area contributed by atoms with Crippen molar-refractivity contribution in [3.63, 3.8) is 0 Å². The van der Waals surface area contributed by atoms with Crippen LogP contribution in [0.4, 0.5) is 0 Å². The van der Waals surface area contributed by atoms with Gasteiger partial charge in [0.1, 0.15) is 12.7 Å². The summed E-state index contributed by atoms with van der Waals surface area (Å²) < 4.78 is 12.0.